The van der Waals surface area contributed by atoms with Crippen LogP contribution in [0.1, 0.15) is 5.56 Å². The lowest BCUT2D eigenvalue weighted by Crippen LogP contribution is -1.99. The SMILES string of the molecule is N#Cc1c(-c2c[nH]c3ccccc23)cc(-c2ccccc2Br)nc1N. The van der Waals surface area contributed by atoms with E-state index in [-0.39, 0.29) is 5.82 Å². The number of nitriles is 1. The number of rotatable bonds is 2. The van der Waals surface area contributed by atoms with Gasteiger partial charge in [-0.05, 0) is 18.2 Å². The van der Waals surface area contributed by atoms with E-state index >= 15 is 0 Å². The third kappa shape index (κ3) is 2.57. The van der Waals surface area contributed by atoms with Crippen LogP contribution in [0.25, 0.3) is 33.3 Å². The Balaban J connectivity index is 2.02. The number of nitrogens with zero attached hydrogens (tertiary/aromatic N) is 2. The molecule has 25 heavy (non-hydrogen) atoms. The molecule has 0 bridgehead atoms. The van der Waals surface area contributed by atoms with Crippen LogP contribution < -0.4 is 5.73 Å². The second kappa shape index (κ2) is 6.08. The first-order valence-electron chi connectivity index (χ1n) is 7.71. The number of benzene rings is 2. The van der Waals surface area contributed by atoms with Gasteiger partial charge in [0.25, 0.3) is 0 Å². The second-order valence-electron chi connectivity index (χ2n) is 5.65. The Morgan fingerprint density at radius 3 is 2.56 bits per heavy atom. The highest BCUT2D eigenvalue weighted by Crippen LogP contribution is 2.36. The van der Waals surface area contributed by atoms with Gasteiger partial charge in [0.15, 0.2) is 0 Å². The van der Waals surface area contributed by atoms with Crippen molar-refractivity contribution in [2.75, 3.05) is 5.73 Å². The number of H-pyrrole nitrogens is 1. The largest absolute Gasteiger partial charge is 0.383 e. The first-order chi connectivity index (χ1) is 12.2. The normalized spacial score (nSPS) is 10.7. The van der Waals surface area contributed by atoms with Gasteiger partial charge >= 0.3 is 0 Å². The Morgan fingerprint density at radius 2 is 1.76 bits per heavy atom. The Morgan fingerprint density at radius 1 is 1.00 bits per heavy atom. The summed E-state index contributed by atoms with van der Waals surface area (Å²) in [7, 11) is 0. The van der Waals surface area contributed by atoms with Gasteiger partial charge in [-0.1, -0.05) is 52.3 Å². The fraction of sp³-hybridized carbons (Fsp3) is 0. The number of aromatic nitrogens is 2. The van der Waals surface area contributed by atoms with E-state index in [1.165, 1.54) is 0 Å². The highest BCUT2D eigenvalue weighted by molar-refractivity contribution is 9.10. The number of nitrogen functional groups attached to an aromatic ring is 1. The van der Waals surface area contributed by atoms with Crippen LogP contribution in [-0.4, -0.2) is 9.97 Å². The molecule has 5 heteroatoms. The lowest BCUT2D eigenvalue weighted by atomic mass is 9.98. The van der Waals surface area contributed by atoms with Crippen LogP contribution in [0, 0.1) is 11.3 Å². The van der Waals surface area contributed by atoms with Crippen LogP contribution in [0.5, 0.6) is 0 Å². The number of nitrogens with one attached hydrogen (secondary N) is 1. The fourth-order valence-electron chi connectivity index (χ4n) is 3.00. The average Bonchev–Trinajstić information content (AvgIpc) is 3.05. The topological polar surface area (TPSA) is 78.5 Å². The molecule has 0 amide bonds. The minimum Gasteiger partial charge on any atom is -0.383 e. The van der Waals surface area contributed by atoms with E-state index in [2.05, 4.69) is 32.0 Å². The first-order valence-corrected chi connectivity index (χ1v) is 8.50. The van der Waals surface area contributed by atoms with Crippen LogP contribution in [0.15, 0.2) is 65.3 Å². The predicted octanol–water partition coefficient (Wildman–Crippen LogP) is 5.11. The van der Waals surface area contributed by atoms with E-state index in [4.69, 9.17) is 5.73 Å². The van der Waals surface area contributed by atoms with Gasteiger partial charge in [0, 0.05) is 38.3 Å². The highest BCUT2D eigenvalue weighted by Gasteiger charge is 2.17. The standard InChI is InChI=1S/C20H13BrN4/c21-17-7-3-1-6-13(17)19-9-14(15(10-22)20(23)25-19)16-11-24-18-8-4-2-5-12(16)18/h1-9,11,24H,(H2,23,25). The zero-order chi connectivity index (χ0) is 17.4. The molecule has 0 aliphatic carbocycles. The van der Waals surface area contributed by atoms with Crippen molar-refractivity contribution in [2.24, 2.45) is 0 Å². The van der Waals surface area contributed by atoms with Gasteiger partial charge in [-0.15, -0.1) is 0 Å². The van der Waals surface area contributed by atoms with Gasteiger partial charge in [-0.2, -0.15) is 5.26 Å². The van der Waals surface area contributed by atoms with E-state index in [9.17, 15) is 5.26 Å². The maximum absolute atomic E-state index is 9.60. The number of pyridine rings is 1. The zero-order valence-corrected chi connectivity index (χ0v) is 14.7. The zero-order valence-electron chi connectivity index (χ0n) is 13.1. The van der Waals surface area contributed by atoms with Gasteiger partial charge in [0.1, 0.15) is 17.5 Å². The van der Waals surface area contributed by atoms with E-state index in [1.807, 2.05) is 60.8 Å². The van der Waals surface area contributed by atoms with Crippen molar-refractivity contribution in [3.05, 3.63) is 70.8 Å². The molecular formula is C20H13BrN4. The highest BCUT2D eigenvalue weighted by atomic mass is 79.9. The Kier molecular flexibility index (Phi) is 3.75. The maximum atomic E-state index is 9.60. The molecule has 3 N–H and O–H groups in total. The number of hydrogen-bond acceptors (Lipinski definition) is 3. The number of anilines is 1. The summed E-state index contributed by atoms with van der Waals surface area (Å²) in [5, 5.41) is 10.6. The molecule has 0 saturated carbocycles. The predicted molar refractivity (Wildman–Crippen MR) is 104 cm³/mol. The summed E-state index contributed by atoms with van der Waals surface area (Å²) < 4.78 is 0.927. The molecule has 0 aliphatic rings. The number of nitrogens with two attached hydrogens (primary N) is 1. The molecule has 0 radical (unpaired) electrons. The summed E-state index contributed by atoms with van der Waals surface area (Å²) in [6, 6.07) is 19.9. The summed E-state index contributed by atoms with van der Waals surface area (Å²) >= 11 is 3.55. The molecular weight excluding hydrogens is 376 g/mol. The summed E-state index contributed by atoms with van der Waals surface area (Å²) in [5.74, 6) is 0.232. The molecule has 0 unspecified atom stereocenters. The Hall–Kier alpha value is -3.10. The molecule has 0 fully saturated rings. The number of halogens is 1. The minimum atomic E-state index is 0.232. The van der Waals surface area contributed by atoms with Crippen molar-refractivity contribution >= 4 is 32.7 Å². The van der Waals surface area contributed by atoms with Crippen LogP contribution in [-0.2, 0) is 0 Å². The van der Waals surface area contributed by atoms with E-state index in [0.717, 1.165) is 37.8 Å². The lowest BCUT2D eigenvalue weighted by Gasteiger charge is -2.10. The van der Waals surface area contributed by atoms with Gasteiger partial charge in [0.2, 0.25) is 0 Å². The van der Waals surface area contributed by atoms with Crippen molar-refractivity contribution < 1.29 is 0 Å². The molecule has 120 valence electrons. The molecule has 0 aliphatic heterocycles. The summed E-state index contributed by atoms with van der Waals surface area (Å²) in [5.41, 5.74) is 10.9. The van der Waals surface area contributed by atoms with Crippen molar-refractivity contribution in [3.8, 4) is 28.5 Å². The average molecular weight is 389 g/mol. The summed E-state index contributed by atoms with van der Waals surface area (Å²) in [6.07, 6.45) is 1.91. The van der Waals surface area contributed by atoms with Crippen molar-refractivity contribution in [1.29, 1.82) is 5.26 Å². The number of para-hydroxylation sites is 1. The third-order valence-electron chi connectivity index (χ3n) is 4.19. The quantitative estimate of drug-likeness (QED) is 0.500. The van der Waals surface area contributed by atoms with Crippen molar-refractivity contribution in [3.63, 3.8) is 0 Å². The van der Waals surface area contributed by atoms with E-state index < -0.39 is 0 Å². The molecule has 2 heterocycles. The third-order valence-corrected chi connectivity index (χ3v) is 4.88. The van der Waals surface area contributed by atoms with Crippen molar-refractivity contribution in [2.45, 2.75) is 0 Å². The van der Waals surface area contributed by atoms with E-state index in [1.54, 1.807) is 0 Å². The minimum absolute atomic E-state index is 0.232. The molecule has 2 aromatic carbocycles. The summed E-state index contributed by atoms with van der Waals surface area (Å²) in [6.45, 7) is 0. The molecule has 0 spiro atoms. The lowest BCUT2D eigenvalue weighted by molar-refractivity contribution is 1.30. The van der Waals surface area contributed by atoms with Gasteiger partial charge in [-0.25, -0.2) is 4.98 Å². The van der Waals surface area contributed by atoms with Crippen LogP contribution in [0.4, 0.5) is 5.82 Å². The van der Waals surface area contributed by atoms with Crippen LogP contribution >= 0.6 is 15.9 Å². The van der Waals surface area contributed by atoms with Crippen LogP contribution in [0.2, 0.25) is 0 Å². The van der Waals surface area contributed by atoms with E-state index in [0.29, 0.717) is 5.56 Å². The number of fused-ring (bicyclic) bond motifs is 1. The molecule has 2 aromatic heterocycles. The monoisotopic (exact) mass is 388 g/mol. The Bertz CT molecular complexity index is 1140. The summed E-state index contributed by atoms with van der Waals surface area (Å²) in [4.78, 5) is 7.69. The fourth-order valence-corrected chi connectivity index (χ4v) is 3.48. The van der Waals surface area contributed by atoms with Gasteiger partial charge in [-0.3, -0.25) is 0 Å². The molecule has 4 rings (SSSR count). The second-order valence-corrected chi connectivity index (χ2v) is 6.51. The van der Waals surface area contributed by atoms with Crippen molar-refractivity contribution in [1.82, 2.24) is 9.97 Å². The molecule has 0 saturated heterocycles. The maximum Gasteiger partial charge on any atom is 0.142 e. The number of hydrogen-bond donors (Lipinski definition) is 2. The van der Waals surface area contributed by atoms with Crippen LogP contribution in [0.3, 0.4) is 0 Å². The van der Waals surface area contributed by atoms with Gasteiger partial charge < -0.3 is 10.7 Å². The molecule has 0 atom stereocenters. The molecule has 4 aromatic rings. The van der Waals surface area contributed by atoms with Gasteiger partial charge in [0.05, 0.1) is 5.69 Å². The Labute approximate surface area is 153 Å². The number of aromatic amines is 1. The molecule has 4 nitrogen and oxygen atoms in total. The first kappa shape index (κ1) is 15.4. The smallest absolute Gasteiger partial charge is 0.142 e.